The molecule has 0 spiro atoms. The first-order valence-corrected chi connectivity index (χ1v) is 8.16. The molecule has 102 valence electrons. The number of nitrogens with two attached hydrogens (primary N) is 2. The van der Waals surface area contributed by atoms with Crippen LogP contribution >= 0.6 is 23.5 Å². The molecule has 0 radical (unpaired) electrons. The Balaban J connectivity index is 0.000000191. The van der Waals surface area contributed by atoms with Crippen LogP contribution < -0.4 is 17.0 Å². The van der Waals surface area contributed by atoms with Crippen molar-refractivity contribution in [3.05, 3.63) is 48.5 Å². The zero-order valence-corrected chi connectivity index (χ0v) is 12.7. The highest BCUT2D eigenvalue weighted by Gasteiger charge is 1.94. The monoisotopic (exact) mass is 293 g/mol. The van der Waals surface area contributed by atoms with Gasteiger partial charge >= 0.3 is 0 Å². The number of hydrogen-bond acceptors (Lipinski definition) is 5. The molecule has 0 saturated carbocycles. The molecule has 0 aliphatic heterocycles. The molecule has 19 heavy (non-hydrogen) atoms. The summed E-state index contributed by atoms with van der Waals surface area (Å²) in [6, 6.07) is 15.8. The third-order valence-corrected chi connectivity index (χ3v) is 4.01. The van der Waals surface area contributed by atoms with E-state index in [4.69, 9.17) is 11.6 Å². The van der Waals surface area contributed by atoms with Crippen molar-refractivity contribution in [3.63, 3.8) is 0 Å². The van der Waals surface area contributed by atoms with Crippen LogP contribution in [-0.2, 0) is 0 Å². The zero-order valence-electron chi connectivity index (χ0n) is 11.1. The van der Waals surface area contributed by atoms with Gasteiger partial charge in [-0.3, -0.25) is 5.84 Å². The summed E-state index contributed by atoms with van der Waals surface area (Å²) in [5.74, 6) is 5.26. The highest BCUT2D eigenvalue weighted by atomic mass is 32.2. The Morgan fingerprint density at radius 3 is 1.79 bits per heavy atom. The van der Waals surface area contributed by atoms with E-state index in [0.29, 0.717) is 0 Å². The van der Waals surface area contributed by atoms with Crippen LogP contribution in [0.1, 0.15) is 0 Å². The summed E-state index contributed by atoms with van der Waals surface area (Å²) in [7, 11) is 0. The molecule has 5 heteroatoms. The van der Waals surface area contributed by atoms with Crippen molar-refractivity contribution in [2.45, 2.75) is 9.79 Å². The van der Waals surface area contributed by atoms with Crippen LogP contribution in [0.15, 0.2) is 58.3 Å². The summed E-state index contributed by atoms with van der Waals surface area (Å²) < 4.78 is 0. The van der Waals surface area contributed by atoms with Gasteiger partial charge in [0.2, 0.25) is 0 Å². The van der Waals surface area contributed by atoms with Gasteiger partial charge in [-0.2, -0.15) is 0 Å². The minimum absolute atomic E-state index is 0.866. The topological polar surface area (TPSA) is 64.1 Å². The number of hydrogen-bond donors (Lipinski definition) is 3. The molecule has 2 rings (SSSR count). The van der Waals surface area contributed by atoms with E-state index in [1.165, 1.54) is 4.90 Å². The molecular weight excluding hydrogens is 274 g/mol. The second-order valence-corrected chi connectivity index (χ2v) is 5.28. The predicted octanol–water partition coefficient (Wildman–Crippen LogP) is 3.68. The van der Waals surface area contributed by atoms with E-state index in [9.17, 15) is 0 Å². The standard InChI is InChI=1S/C7H10N2S.C7H9NS/c1-10-7-5-3-2-4-6(7)9-8;1-9-7-5-3-2-4-6(7)8/h2-5,9H,8H2,1H3;2-5H,8H2,1H3. The van der Waals surface area contributed by atoms with Crippen LogP contribution in [0.25, 0.3) is 0 Å². The Morgan fingerprint density at radius 1 is 0.842 bits per heavy atom. The average Bonchev–Trinajstić information content (AvgIpc) is 2.48. The largest absolute Gasteiger partial charge is 0.398 e. The smallest absolute Gasteiger partial charge is 0.0620 e. The lowest BCUT2D eigenvalue weighted by atomic mass is 10.3. The molecule has 0 aromatic heterocycles. The Bertz CT molecular complexity index is 481. The summed E-state index contributed by atoms with van der Waals surface area (Å²) >= 11 is 3.35. The number of nitrogens with one attached hydrogen (secondary N) is 1. The minimum Gasteiger partial charge on any atom is -0.398 e. The van der Waals surface area contributed by atoms with Gasteiger partial charge in [-0.15, -0.1) is 23.5 Å². The van der Waals surface area contributed by atoms with Crippen molar-refractivity contribution in [1.82, 2.24) is 0 Å². The van der Waals surface area contributed by atoms with Crippen LogP contribution in [0.2, 0.25) is 0 Å². The summed E-state index contributed by atoms with van der Waals surface area (Å²) in [4.78, 5) is 2.32. The molecule has 3 nitrogen and oxygen atoms in total. The van der Waals surface area contributed by atoms with Crippen LogP contribution in [0.4, 0.5) is 11.4 Å². The number of hydrazine groups is 1. The quantitative estimate of drug-likeness (QED) is 0.349. The molecule has 0 atom stereocenters. The SMILES string of the molecule is CSc1ccccc1N.CSc1ccccc1NN. The van der Waals surface area contributed by atoms with E-state index in [1.54, 1.807) is 23.5 Å². The summed E-state index contributed by atoms with van der Waals surface area (Å²) in [5, 5.41) is 0. The predicted molar refractivity (Wildman–Crippen MR) is 88.7 cm³/mol. The normalized spacial score (nSPS) is 9.42. The summed E-state index contributed by atoms with van der Waals surface area (Å²) in [5.41, 5.74) is 10.1. The molecule has 0 aliphatic carbocycles. The number of nitrogen functional groups attached to an aromatic ring is 2. The maximum absolute atomic E-state index is 5.61. The molecule has 0 bridgehead atoms. The molecule has 0 aliphatic rings. The summed E-state index contributed by atoms with van der Waals surface area (Å²) in [6.45, 7) is 0. The van der Waals surface area contributed by atoms with Crippen LogP contribution in [-0.4, -0.2) is 12.5 Å². The van der Waals surface area contributed by atoms with Crippen LogP contribution in [0.5, 0.6) is 0 Å². The fourth-order valence-electron chi connectivity index (χ4n) is 1.43. The van der Waals surface area contributed by atoms with Gasteiger partial charge in [-0.1, -0.05) is 24.3 Å². The minimum atomic E-state index is 0.866. The molecule has 0 unspecified atom stereocenters. The van der Waals surface area contributed by atoms with E-state index in [-0.39, 0.29) is 0 Å². The molecule has 0 amide bonds. The van der Waals surface area contributed by atoms with Crippen molar-refractivity contribution in [1.29, 1.82) is 0 Å². The molecule has 0 saturated heterocycles. The second kappa shape index (κ2) is 8.74. The third kappa shape index (κ3) is 5.06. The lowest BCUT2D eigenvalue weighted by Gasteiger charge is -2.03. The first-order chi connectivity index (χ1) is 9.22. The van der Waals surface area contributed by atoms with E-state index in [0.717, 1.165) is 16.3 Å². The number of benzene rings is 2. The van der Waals surface area contributed by atoms with Crippen molar-refractivity contribution in [2.24, 2.45) is 5.84 Å². The van der Waals surface area contributed by atoms with Gasteiger partial charge in [0.25, 0.3) is 0 Å². The van der Waals surface area contributed by atoms with Crippen LogP contribution in [0.3, 0.4) is 0 Å². The molecule has 5 N–H and O–H groups in total. The highest BCUT2D eigenvalue weighted by Crippen LogP contribution is 2.23. The van der Waals surface area contributed by atoms with Gasteiger partial charge in [0, 0.05) is 15.5 Å². The fraction of sp³-hybridized carbons (Fsp3) is 0.143. The van der Waals surface area contributed by atoms with E-state index < -0.39 is 0 Å². The average molecular weight is 293 g/mol. The van der Waals surface area contributed by atoms with Gasteiger partial charge in [-0.05, 0) is 36.8 Å². The van der Waals surface area contributed by atoms with E-state index in [2.05, 4.69) is 5.43 Å². The van der Waals surface area contributed by atoms with Crippen molar-refractivity contribution in [3.8, 4) is 0 Å². The zero-order chi connectivity index (χ0) is 14.1. The number of anilines is 2. The maximum atomic E-state index is 5.61. The number of thioether (sulfide) groups is 2. The molecule has 0 fully saturated rings. The maximum Gasteiger partial charge on any atom is 0.0620 e. The Morgan fingerprint density at radius 2 is 1.37 bits per heavy atom. The van der Waals surface area contributed by atoms with Gasteiger partial charge in [-0.25, -0.2) is 0 Å². The highest BCUT2D eigenvalue weighted by molar-refractivity contribution is 7.99. The molecule has 0 heterocycles. The first kappa shape index (κ1) is 15.8. The summed E-state index contributed by atoms with van der Waals surface area (Å²) in [6.07, 6.45) is 4.04. The van der Waals surface area contributed by atoms with E-state index >= 15 is 0 Å². The van der Waals surface area contributed by atoms with E-state index in [1.807, 2.05) is 61.0 Å². The molecule has 2 aromatic rings. The second-order valence-electron chi connectivity index (χ2n) is 3.59. The van der Waals surface area contributed by atoms with Crippen molar-refractivity contribution >= 4 is 34.9 Å². The Kier molecular flexibility index (Phi) is 7.25. The first-order valence-electron chi connectivity index (χ1n) is 5.71. The van der Waals surface area contributed by atoms with Crippen LogP contribution in [0, 0.1) is 0 Å². The Labute approximate surface area is 123 Å². The lowest BCUT2D eigenvalue weighted by Crippen LogP contribution is -2.07. The Hall–Kier alpha value is -1.30. The molecule has 2 aromatic carbocycles. The third-order valence-electron chi connectivity index (χ3n) is 2.40. The number of rotatable bonds is 3. The van der Waals surface area contributed by atoms with Gasteiger partial charge in [0.05, 0.1) is 5.69 Å². The lowest BCUT2D eigenvalue weighted by molar-refractivity contribution is 1.29. The molecular formula is C14H19N3S2. The van der Waals surface area contributed by atoms with Gasteiger partial charge < -0.3 is 11.2 Å². The van der Waals surface area contributed by atoms with Gasteiger partial charge in [0.15, 0.2) is 0 Å². The van der Waals surface area contributed by atoms with Gasteiger partial charge in [0.1, 0.15) is 0 Å². The number of para-hydroxylation sites is 2. The fourth-order valence-corrected chi connectivity index (χ4v) is 2.51. The van der Waals surface area contributed by atoms with Crippen molar-refractivity contribution < 1.29 is 0 Å². The van der Waals surface area contributed by atoms with Crippen molar-refractivity contribution in [2.75, 3.05) is 23.7 Å².